The smallest absolute Gasteiger partial charge is 0.319 e. The van der Waals surface area contributed by atoms with Crippen LogP contribution in [0.3, 0.4) is 0 Å². The lowest BCUT2D eigenvalue weighted by atomic mass is 10.1. The Morgan fingerprint density at radius 2 is 1.75 bits per heavy atom. The number of methoxy groups -OCH3 is 1. The summed E-state index contributed by atoms with van der Waals surface area (Å²) in [7, 11) is 1.57. The summed E-state index contributed by atoms with van der Waals surface area (Å²) >= 11 is 0. The molecule has 2 rings (SSSR count). The average molecular weight is 328 g/mol. The minimum atomic E-state index is -0.291. The van der Waals surface area contributed by atoms with E-state index in [0.717, 1.165) is 16.9 Å². The fraction of sp³-hybridized carbons (Fsp3) is 0.316. The van der Waals surface area contributed by atoms with Crippen molar-refractivity contribution >= 4 is 11.7 Å². The molecule has 0 unspecified atom stereocenters. The fourth-order valence-electron chi connectivity index (χ4n) is 2.63. The first-order valence-electron chi connectivity index (χ1n) is 7.89. The van der Waals surface area contributed by atoms with Crippen LogP contribution in [0.4, 0.5) is 10.5 Å². The van der Waals surface area contributed by atoms with Gasteiger partial charge in [0.25, 0.3) is 0 Å². The molecule has 0 spiro atoms. The quantitative estimate of drug-likeness (QED) is 0.793. The summed E-state index contributed by atoms with van der Waals surface area (Å²) in [6.45, 7) is 6.93. The van der Waals surface area contributed by atoms with E-state index < -0.39 is 0 Å². The molecule has 0 saturated heterocycles. The van der Waals surface area contributed by atoms with Crippen LogP contribution in [0.5, 0.6) is 11.5 Å². The van der Waals surface area contributed by atoms with Crippen molar-refractivity contribution in [2.24, 2.45) is 0 Å². The van der Waals surface area contributed by atoms with E-state index in [1.807, 2.05) is 26.0 Å². The topological polar surface area (TPSA) is 59.6 Å². The van der Waals surface area contributed by atoms with Crippen LogP contribution in [0.2, 0.25) is 0 Å². The number of rotatable bonds is 6. The molecule has 0 saturated carbocycles. The zero-order chi connectivity index (χ0) is 17.5. The van der Waals surface area contributed by atoms with E-state index in [4.69, 9.17) is 9.47 Å². The zero-order valence-corrected chi connectivity index (χ0v) is 14.6. The summed E-state index contributed by atoms with van der Waals surface area (Å²) in [5.74, 6) is 1.50. The molecule has 0 aliphatic carbocycles. The Morgan fingerprint density at radius 1 is 1.08 bits per heavy atom. The first-order valence-corrected chi connectivity index (χ1v) is 7.89. The third-order valence-electron chi connectivity index (χ3n) is 3.59. The van der Waals surface area contributed by atoms with Crippen LogP contribution in [0.25, 0.3) is 0 Å². The van der Waals surface area contributed by atoms with Gasteiger partial charge in [-0.3, -0.25) is 0 Å². The van der Waals surface area contributed by atoms with E-state index in [-0.39, 0.29) is 6.03 Å². The van der Waals surface area contributed by atoms with E-state index in [0.29, 0.717) is 24.6 Å². The summed E-state index contributed by atoms with van der Waals surface area (Å²) in [4.78, 5) is 11.9. The van der Waals surface area contributed by atoms with Gasteiger partial charge in [-0.15, -0.1) is 0 Å². The Bertz CT molecular complexity index is 691. The number of hydrogen-bond donors (Lipinski definition) is 2. The van der Waals surface area contributed by atoms with Crippen molar-refractivity contribution in [3.8, 4) is 11.5 Å². The highest BCUT2D eigenvalue weighted by atomic mass is 16.5. The highest BCUT2D eigenvalue weighted by molar-refractivity contribution is 5.90. The van der Waals surface area contributed by atoms with Crippen LogP contribution in [-0.4, -0.2) is 26.3 Å². The number of anilines is 1. The predicted molar refractivity (Wildman–Crippen MR) is 96.2 cm³/mol. The van der Waals surface area contributed by atoms with Crippen molar-refractivity contribution in [3.63, 3.8) is 0 Å². The van der Waals surface area contributed by atoms with E-state index in [9.17, 15) is 4.79 Å². The van der Waals surface area contributed by atoms with E-state index in [1.165, 1.54) is 5.56 Å². The number of benzene rings is 2. The molecule has 0 heterocycles. The number of urea groups is 1. The van der Waals surface area contributed by atoms with Crippen LogP contribution >= 0.6 is 0 Å². The van der Waals surface area contributed by atoms with Gasteiger partial charge in [0.05, 0.1) is 19.3 Å². The van der Waals surface area contributed by atoms with Crippen molar-refractivity contribution < 1.29 is 14.3 Å². The number of amides is 2. The van der Waals surface area contributed by atoms with E-state index in [1.54, 1.807) is 19.2 Å². The highest BCUT2D eigenvalue weighted by Crippen LogP contribution is 2.24. The third kappa shape index (κ3) is 4.65. The van der Waals surface area contributed by atoms with E-state index in [2.05, 4.69) is 29.7 Å². The number of hydrogen-bond acceptors (Lipinski definition) is 3. The standard InChI is InChI=1S/C19H24N2O3/c1-13-11-14(2)18(15(3)12-13)24-10-9-20-19(22)21-16-7-5-6-8-17(16)23-4/h5-8,11-12H,9-10H2,1-4H3,(H2,20,21,22). The number of para-hydroxylation sites is 2. The van der Waals surface area contributed by atoms with Crippen LogP contribution in [0, 0.1) is 20.8 Å². The molecule has 2 amide bonds. The minimum Gasteiger partial charge on any atom is -0.495 e. The normalized spacial score (nSPS) is 10.2. The lowest BCUT2D eigenvalue weighted by molar-refractivity contribution is 0.247. The molecule has 0 aliphatic rings. The zero-order valence-electron chi connectivity index (χ0n) is 14.6. The van der Waals surface area contributed by atoms with Gasteiger partial charge in [0.15, 0.2) is 0 Å². The number of carbonyl (C=O) groups excluding carboxylic acids is 1. The van der Waals surface area contributed by atoms with Gasteiger partial charge in [0.1, 0.15) is 18.1 Å². The monoisotopic (exact) mass is 328 g/mol. The maximum absolute atomic E-state index is 11.9. The second kappa shape index (κ2) is 8.24. The maximum Gasteiger partial charge on any atom is 0.319 e. The van der Waals surface area contributed by atoms with Gasteiger partial charge in [0.2, 0.25) is 0 Å². The molecule has 5 nitrogen and oxygen atoms in total. The van der Waals surface area contributed by atoms with Gasteiger partial charge in [-0.1, -0.05) is 29.8 Å². The van der Waals surface area contributed by atoms with Crippen molar-refractivity contribution in [3.05, 3.63) is 53.1 Å². The van der Waals surface area contributed by atoms with Gasteiger partial charge in [-0.05, 0) is 44.0 Å². The molecule has 24 heavy (non-hydrogen) atoms. The van der Waals surface area contributed by atoms with Gasteiger partial charge in [0, 0.05) is 0 Å². The summed E-state index contributed by atoms with van der Waals surface area (Å²) in [5.41, 5.74) is 4.05. The van der Waals surface area contributed by atoms with Crippen LogP contribution in [0.15, 0.2) is 36.4 Å². The molecule has 128 valence electrons. The lowest BCUT2D eigenvalue weighted by Gasteiger charge is -2.14. The van der Waals surface area contributed by atoms with Crippen molar-refractivity contribution in [2.75, 3.05) is 25.6 Å². The van der Waals surface area contributed by atoms with Crippen molar-refractivity contribution in [1.29, 1.82) is 0 Å². The Labute approximate surface area is 143 Å². The predicted octanol–water partition coefficient (Wildman–Crippen LogP) is 3.82. The van der Waals surface area contributed by atoms with E-state index >= 15 is 0 Å². The summed E-state index contributed by atoms with van der Waals surface area (Å²) in [5, 5.41) is 5.53. The molecule has 0 aliphatic heterocycles. The number of ether oxygens (including phenoxy) is 2. The summed E-state index contributed by atoms with van der Waals surface area (Å²) in [6.07, 6.45) is 0. The highest BCUT2D eigenvalue weighted by Gasteiger charge is 2.07. The van der Waals surface area contributed by atoms with Crippen molar-refractivity contribution in [1.82, 2.24) is 5.32 Å². The Morgan fingerprint density at radius 3 is 2.42 bits per heavy atom. The van der Waals surface area contributed by atoms with Crippen molar-refractivity contribution in [2.45, 2.75) is 20.8 Å². The average Bonchev–Trinajstić information content (AvgIpc) is 2.53. The molecular formula is C19H24N2O3. The second-order valence-corrected chi connectivity index (χ2v) is 5.66. The number of aryl methyl sites for hydroxylation is 3. The Kier molecular flexibility index (Phi) is 6.07. The molecule has 5 heteroatoms. The first-order chi connectivity index (χ1) is 11.5. The fourth-order valence-corrected chi connectivity index (χ4v) is 2.63. The van der Waals surface area contributed by atoms with Gasteiger partial charge in [-0.2, -0.15) is 0 Å². The molecule has 0 bridgehead atoms. The third-order valence-corrected chi connectivity index (χ3v) is 3.59. The molecule has 2 aromatic carbocycles. The molecule has 0 aromatic heterocycles. The number of nitrogens with one attached hydrogen (secondary N) is 2. The van der Waals surface area contributed by atoms with Gasteiger partial charge in [-0.25, -0.2) is 4.79 Å². The molecule has 2 aromatic rings. The molecular weight excluding hydrogens is 304 g/mol. The molecule has 0 fully saturated rings. The molecule has 0 atom stereocenters. The summed E-state index contributed by atoms with van der Waals surface area (Å²) in [6, 6.07) is 11.1. The van der Waals surface area contributed by atoms with Gasteiger partial charge < -0.3 is 20.1 Å². The first kappa shape index (κ1) is 17.7. The van der Waals surface area contributed by atoms with Crippen LogP contribution in [-0.2, 0) is 0 Å². The van der Waals surface area contributed by atoms with Crippen LogP contribution in [0.1, 0.15) is 16.7 Å². The molecule has 2 N–H and O–H groups in total. The second-order valence-electron chi connectivity index (χ2n) is 5.66. The Hall–Kier alpha value is -2.69. The molecule has 0 radical (unpaired) electrons. The van der Waals surface area contributed by atoms with Crippen LogP contribution < -0.4 is 20.1 Å². The largest absolute Gasteiger partial charge is 0.495 e. The van der Waals surface area contributed by atoms with Gasteiger partial charge >= 0.3 is 6.03 Å². The Balaban J connectivity index is 1.81. The minimum absolute atomic E-state index is 0.291. The number of carbonyl (C=O) groups is 1. The maximum atomic E-state index is 11.9. The SMILES string of the molecule is COc1ccccc1NC(=O)NCCOc1c(C)cc(C)cc1C. The lowest BCUT2D eigenvalue weighted by Crippen LogP contribution is -2.32. The summed E-state index contributed by atoms with van der Waals surface area (Å²) < 4.78 is 11.0.